The van der Waals surface area contributed by atoms with Gasteiger partial charge < -0.3 is 15.8 Å². The molecule has 0 radical (unpaired) electrons. The van der Waals surface area contributed by atoms with E-state index in [1.807, 2.05) is 4.98 Å². The van der Waals surface area contributed by atoms with Crippen LogP contribution >= 0.6 is 0 Å². The first-order valence-corrected chi connectivity index (χ1v) is 3.57. The number of nitrogens with two attached hydrogens (primary N) is 1. The Balaban J connectivity index is 2.87. The van der Waals surface area contributed by atoms with Gasteiger partial charge in [0.2, 0.25) is 0 Å². The Hall–Kier alpha value is -1.01. The van der Waals surface area contributed by atoms with Gasteiger partial charge in [-0.15, -0.1) is 0 Å². The van der Waals surface area contributed by atoms with Crippen LogP contribution in [0.3, 0.4) is 0 Å². The molecule has 1 aromatic rings. The van der Waals surface area contributed by atoms with E-state index in [4.69, 9.17) is 10.8 Å². The summed E-state index contributed by atoms with van der Waals surface area (Å²) in [4.78, 5) is 2.04. The summed E-state index contributed by atoms with van der Waals surface area (Å²) in [5.74, 6) is 0. The maximum absolute atomic E-state index is 12.0. The molecule has 1 heterocycles. The van der Waals surface area contributed by atoms with Crippen molar-refractivity contribution >= 4 is 0 Å². The predicted molar refractivity (Wildman–Crippen MR) is 39.8 cm³/mol. The zero-order chi connectivity index (χ0) is 10.1. The van der Waals surface area contributed by atoms with Gasteiger partial charge in [0.05, 0.1) is 12.6 Å². The van der Waals surface area contributed by atoms with E-state index in [0.717, 1.165) is 12.3 Å². The minimum Gasteiger partial charge on any atom is -0.394 e. The van der Waals surface area contributed by atoms with Crippen molar-refractivity contribution in [3.63, 3.8) is 0 Å². The predicted octanol–water partition coefficient (Wildman–Crippen LogP) is 1.03. The molecule has 0 saturated heterocycles. The first-order valence-electron chi connectivity index (χ1n) is 3.57. The highest BCUT2D eigenvalue weighted by molar-refractivity contribution is 5.21. The Labute approximate surface area is 72.4 Å². The summed E-state index contributed by atoms with van der Waals surface area (Å²) in [6.45, 7) is -0.380. The normalized spacial score (nSPS) is 14.5. The average molecular weight is 194 g/mol. The number of hydrogen-bond donors (Lipinski definition) is 3. The Bertz CT molecular complexity index is 282. The second kappa shape index (κ2) is 3.39. The first kappa shape index (κ1) is 10.1. The molecule has 0 fully saturated rings. The van der Waals surface area contributed by atoms with E-state index in [1.165, 1.54) is 0 Å². The summed E-state index contributed by atoms with van der Waals surface area (Å²) in [6, 6.07) is 0.119. The molecule has 0 bridgehead atoms. The lowest BCUT2D eigenvalue weighted by molar-refractivity contribution is -0.140. The number of aliphatic hydroxyl groups is 1. The fraction of sp³-hybridized carbons (Fsp3) is 0.429. The molecule has 1 rings (SSSR count). The quantitative estimate of drug-likeness (QED) is 0.658. The van der Waals surface area contributed by atoms with Crippen LogP contribution in [0.5, 0.6) is 0 Å². The SMILES string of the molecule is N[C@@H](CO)c1c[nH]c(C(F)(F)F)c1. The Morgan fingerprint density at radius 2 is 2.15 bits per heavy atom. The monoisotopic (exact) mass is 194 g/mol. The molecule has 0 aliphatic heterocycles. The third-order valence-electron chi connectivity index (χ3n) is 1.64. The Morgan fingerprint density at radius 3 is 2.54 bits per heavy atom. The zero-order valence-electron chi connectivity index (χ0n) is 6.60. The molecular formula is C7H9F3N2O. The molecule has 0 aliphatic rings. The lowest BCUT2D eigenvalue weighted by Gasteiger charge is -2.04. The molecule has 0 aromatic carbocycles. The van der Waals surface area contributed by atoms with Crippen molar-refractivity contribution < 1.29 is 18.3 Å². The largest absolute Gasteiger partial charge is 0.431 e. The van der Waals surface area contributed by atoms with E-state index < -0.39 is 17.9 Å². The molecule has 3 nitrogen and oxygen atoms in total. The van der Waals surface area contributed by atoms with Gasteiger partial charge in [-0.1, -0.05) is 0 Å². The van der Waals surface area contributed by atoms with Gasteiger partial charge in [0.15, 0.2) is 0 Å². The van der Waals surface area contributed by atoms with Gasteiger partial charge in [0.1, 0.15) is 5.69 Å². The molecule has 1 aromatic heterocycles. The smallest absolute Gasteiger partial charge is 0.394 e. The first-order chi connectivity index (χ1) is 5.95. The van der Waals surface area contributed by atoms with Crippen LogP contribution in [-0.2, 0) is 6.18 Å². The number of rotatable bonds is 2. The number of nitrogens with one attached hydrogen (secondary N) is 1. The number of alkyl halides is 3. The minimum atomic E-state index is -4.40. The van der Waals surface area contributed by atoms with Crippen LogP contribution < -0.4 is 5.73 Å². The van der Waals surface area contributed by atoms with Gasteiger partial charge >= 0.3 is 6.18 Å². The molecule has 13 heavy (non-hydrogen) atoms. The van der Waals surface area contributed by atoms with E-state index in [-0.39, 0.29) is 12.2 Å². The van der Waals surface area contributed by atoms with Crippen LogP contribution in [0.25, 0.3) is 0 Å². The standard InChI is InChI=1S/C7H9F3N2O/c8-7(9,10)6-1-4(2-12-6)5(11)3-13/h1-2,5,12-13H,3,11H2/t5-/m0/s1. The van der Waals surface area contributed by atoms with Crippen LogP contribution in [0.1, 0.15) is 17.3 Å². The molecule has 74 valence electrons. The fourth-order valence-electron chi connectivity index (χ4n) is 0.894. The molecule has 4 N–H and O–H groups in total. The van der Waals surface area contributed by atoms with Crippen molar-refractivity contribution in [2.45, 2.75) is 12.2 Å². The number of H-pyrrole nitrogens is 1. The Morgan fingerprint density at radius 1 is 1.54 bits per heavy atom. The van der Waals surface area contributed by atoms with Crippen molar-refractivity contribution in [2.24, 2.45) is 5.73 Å². The molecule has 6 heteroatoms. The highest BCUT2D eigenvalue weighted by Gasteiger charge is 2.32. The van der Waals surface area contributed by atoms with Crippen LogP contribution in [0.15, 0.2) is 12.3 Å². The summed E-state index contributed by atoms with van der Waals surface area (Å²) in [5, 5.41) is 8.58. The number of hydrogen-bond acceptors (Lipinski definition) is 2. The minimum absolute atomic E-state index is 0.245. The van der Waals surface area contributed by atoms with Crippen LogP contribution in [-0.4, -0.2) is 16.7 Å². The lowest BCUT2D eigenvalue weighted by atomic mass is 10.2. The average Bonchev–Trinajstić information content (AvgIpc) is 2.50. The maximum atomic E-state index is 12.0. The molecule has 0 spiro atoms. The molecule has 0 amide bonds. The third kappa shape index (κ3) is 2.22. The Kier molecular flexibility index (Phi) is 2.63. The fourth-order valence-corrected chi connectivity index (χ4v) is 0.894. The van der Waals surface area contributed by atoms with Crippen molar-refractivity contribution in [1.82, 2.24) is 4.98 Å². The zero-order valence-corrected chi connectivity index (χ0v) is 6.60. The molecule has 0 unspecified atom stereocenters. The van der Waals surface area contributed by atoms with Gasteiger partial charge in [0, 0.05) is 6.20 Å². The molecule has 1 atom stereocenters. The summed E-state index contributed by atoms with van der Waals surface area (Å²) in [6.07, 6.45) is -3.25. The number of halogens is 3. The summed E-state index contributed by atoms with van der Waals surface area (Å²) >= 11 is 0. The highest BCUT2D eigenvalue weighted by atomic mass is 19.4. The third-order valence-corrected chi connectivity index (χ3v) is 1.64. The summed E-state index contributed by atoms with van der Waals surface area (Å²) < 4.78 is 36.1. The van der Waals surface area contributed by atoms with Gasteiger partial charge in [-0.05, 0) is 11.6 Å². The van der Waals surface area contributed by atoms with E-state index >= 15 is 0 Å². The van der Waals surface area contributed by atoms with Crippen molar-refractivity contribution in [3.8, 4) is 0 Å². The van der Waals surface area contributed by atoms with Crippen molar-refractivity contribution in [1.29, 1.82) is 0 Å². The molecular weight excluding hydrogens is 185 g/mol. The number of aromatic amines is 1. The van der Waals surface area contributed by atoms with E-state index in [0.29, 0.717) is 0 Å². The second-order valence-electron chi connectivity index (χ2n) is 2.63. The van der Waals surface area contributed by atoms with E-state index in [9.17, 15) is 13.2 Å². The van der Waals surface area contributed by atoms with Gasteiger partial charge in [-0.2, -0.15) is 13.2 Å². The highest BCUT2D eigenvalue weighted by Crippen LogP contribution is 2.29. The van der Waals surface area contributed by atoms with Gasteiger partial charge in [-0.3, -0.25) is 0 Å². The second-order valence-corrected chi connectivity index (χ2v) is 2.63. The van der Waals surface area contributed by atoms with E-state index in [2.05, 4.69) is 0 Å². The van der Waals surface area contributed by atoms with Crippen LogP contribution in [0, 0.1) is 0 Å². The lowest BCUT2D eigenvalue weighted by Crippen LogP contribution is -2.13. The summed E-state index contributed by atoms with van der Waals surface area (Å²) in [5.41, 5.74) is 4.70. The topological polar surface area (TPSA) is 62.0 Å². The van der Waals surface area contributed by atoms with Crippen LogP contribution in [0.4, 0.5) is 13.2 Å². The summed E-state index contributed by atoms with van der Waals surface area (Å²) in [7, 11) is 0. The van der Waals surface area contributed by atoms with E-state index in [1.54, 1.807) is 0 Å². The van der Waals surface area contributed by atoms with Crippen LogP contribution in [0.2, 0.25) is 0 Å². The molecule has 0 saturated carbocycles. The maximum Gasteiger partial charge on any atom is 0.431 e. The van der Waals surface area contributed by atoms with Gasteiger partial charge in [-0.25, -0.2) is 0 Å². The van der Waals surface area contributed by atoms with Crippen molar-refractivity contribution in [2.75, 3.05) is 6.61 Å². The molecule has 0 aliphatic carbocycles. The number of aromatic nitrogens is 1. The number of aliphatic hydroxyl groups excluding tert-OH is 1. The van der Waals surface area contributed by atoms with Gasteiger partial charge in [0.25, 0.3) is 0 Å². The van der Waals surface area contributed by atoms with Crippen molar-refractivity contribution in [3.05, 3.63) is 23.5 Å².